The summed E-state index contributed by atoms with van der Waals surface area (Å²) in [5.74, 6) is -0.934. The number of phenolic OH excluding ortho intramolecular Hbond substituents is 1. The Morgan fingerprint density at radius 1 is 1.23 bits per heavy atom. The van der Waals surface area contributed by atoms with Gasteiger partial charge < -0.3 is 24.6 Å². The molecule has 0 aromatic heterocycles. The lowest BCUT2D eigenvalue weighted by molar-refractivity contribution is -0.140. The van der Waals surface area contributed by atoms with Crippen LogP contribution in [0.4, 0.5) is 0 Å². The predicted octanol–water partition coefficient (Wildman–Crippen LogP) is 3.17. The number of aliphatic hydroxyl groups excluding tert-OH is 1. The van der Waals surface area contributed by atoms with E-state index in [1.54, 1.807) is 30.3 Å². The van der Waals surface area contributed by atoms with Crippen molar-refractivity contribution in [2.75, 3.05) is 19.8 Å². The molecule has 31 heavy (non-hydrogen) atoms. The van der Waals surface area contributed by atoms with Crippen LogP contribution < -0.4 is 4.74 Å². The van der Waals surface area contributed by atoms with Crippen molar-refractivity contribution >= 4 is 17.4 Å². The second-order valence-electron chi connectivity index (χ2n) is 7.93. The third kappa shape index (κ3) is 4.01. The number of ether oxygens (including phenoxy) is 2. The first-order valence-corrected chi connectivity index (χ1v) is 10.3. The van der Waals surface area contributed by atoms with Gasteiger partial charge in [-0.2, -0.15) is 0 Å². The van der Waals surface area contributed by atoms with Gasteiger partial charge in [-0.05, 0) is 55.3 Å². The molecule has 7 heteroatoms. The molecule has 2 aliphatic heterocycles. The average Bonchev–Trinajstić information content (AvgIpc) is 3.30. The zero-order valence-electron chi connectivity index (χ0n) is 17.5. The van der Waals surface area contributed by atoms with Crippen LogP contribution in [0.3, 0.4) is 0 Å². The van der Waals surface area contributed by atoms with Crippen LogP contribution in [0.5, 0.6) is 11.5 Å². The van der Waals surface area contributed by atoms with Gasteiger partial charge >= 0.3 is 0 Å². The molecule has 0 saturated carbocycles. The Bertz CT molecular complexity index is 1060. The molecule has 0 aliphatic carbocycles. The van der Waals surface area contributed by atoms with E-state index in [9.17, 15) is 19.8 Å². The summed E-state index contributed by atoms with van der Waals surface area (Å²) in [6.07, 6.45) is 0.692. The van der Waals surface area contributed by atoms with Crippen molar-refractivity contribution in [1.82, 2.24) is 4.90 Å². The highest BCUT2D eigenvalue weighted by molar-refractivity contribution is 6.46. The predicted molar refractivity (Wildman–Crippen MR) is 114 cm³/mol. The molecular weight excluding hydrogens is 398 g/mol. The number of phenols is 1. The lowest BCUT2D eigenvalue weighted by atomic mass is 9.94. The molecule has 0 spiro atoms. The van der Waals surface area contributed by atoms with E-state index in [-0.39, 0.29) is 36.3 Å². The zero-order chi connectivity index (χ0) is 22.1. The van der Waals surface area contributed by atoms with Crippen molar-refractivity contribution in [2.24, 2.45) is 0 Å². The van der Waals surface area contributed by atoms with E-state index in [1.807, 2.05) is 13.8 Å². The summed E-state index contributed by atoms with van der Waals surface area (Å²) < 4.78 is 11.1. The number of aliphatic hydroxyl groups is 1. The van der Waals surface area contributed by atoms with Crippen LogP contribution in [0.15, 0.2) is 48.0 Å². The summed E-state index contributed by atoms with van der Waals surface area (Å²) in [5.41, 5.74) is 1.93. The van der Waals surface area contributed by atoms with Crippen molar-refractivity contribution in [1.29, 1.82) is 0 Å². The molecule has 2 aromatic rings. The summed E-state index contributed by atoms with van der Waals surface area (Å²) in [4.78, 5) is 27.3. The maximum Gasteiger partial charge on any atom is 0.295 e. The molecular formula is C24H25NO6. The van der Waals surface area contributed by atoms with Gasteiger partial charge in [-0.15, -0.1) is 0 Å². The monoisotopic (exact) mass is 423 g/mol. The van der Waals surface area contributed by atoms with Crippen LogP contribution in [0.2, 0.25) is 0 Å². The Hall–Kier alpha value is -3.32. The molecule has 2 aliphatic rings. The first kappa shape index (κ1) is 20.9. The standard InChI is InChI=1S/C24H25NO6/c1-14(2)30-11-9-25-21(16-4-3-5-18(26)13-16)20(23(28)24(25)29)22(27)17-6-7-19-15(12-17)8-10-31-19/h3-7,12-14,21,26-27H,8-11H2,1-2H3/b22-20-. The Kier molecular flexibility index (Phi) is 5.69. The molecule has 1 amide bonds. The number of hydrogen-bond donors (Lipinski definition) is 2. The molecule has 2 aromatic carbocycles. The Morgan fingerprint density at radius 2 is 2.03 bits per heavy atom. The summed E-state index contributed by atoms with van der Waals surface area (Å²) in [5, 5.41) is 21.1. The number of aromatic hydroxyl groups is 1. The number of Topliss-reactive ketones (excluding diaryl/α,β-unsaturated/α-hetero) is 1. The highest BCUT2D eigenvalue weighted by Gasteiger charge is 2.46. The number of amides is 1. The number of nitrogens with zero attached hydrogens (tertiary/aromatic N) is 1. The Balaban J connectivity index is 1.79. The molecule has 0 bridgehead atoms. The van der Waals surface area contributed by atoms with Crippen molar-refractivity contribution in [2.45, 2.75) is 32.4 Å². The summed E-state index contributed by atoms with van der Waals surface area (Å²) in [6.45, 7) is 4.77. The fraction of sp³-hybridized carbons (Fsp3) is 0.333. The first-order chi connectivity index (χ1) is 14.9. The van der Waals surface area contributed by atoms with Gasteiger partial charge in [0.15, 0.2) is 0 Å². The zero-order valence-corrected chi connectivity index (χ0v) is 17.5. The third-order valence-electron chi connectivity index (χ3n) is 5.47. The minimum Gasteiger partial charge on any atom is -0.508 e. The number of ketones is 1. The van der Waals surface area contributed by atoms with E-state index in [4.69, 9.17) is 9.47 Å². The third-order valence-corrected chi connectivity index (χ3v) is 5.47. The number of benzene rings is 2. The van der Waals surface area contributed by atoms with Crippen molar-refractivity contribution in [3.8, 4) is 11.5 Å². The van der Waals surface area contributed by atoms with E-state index < -0.39 is 17.7 Å². The number of carbonyl (C=O) groups is 2. The average molecular weight is 423 g/mol. The fourth-order valence-corrected chi connectivity index (χ4v) is 4.03. The SMILES string of the molecule is CC(C)OCCN1C(=O)C(=O)/C(=C(\O)c2ccc3c(c2)CCO3)C1c1cccc(O)c1. The molecule has 0 radical (unpaired) electrons. The topological polar surface area (TPSA) is 96.3 Å². The molecule has 1 saturated heterocycles. The second-order valence-corrected chi connectivity index (χ2v) is 7.93. The molecule has 1 atom stereocenters. The lowest BCUT2D eigenvalue weighted by Crippen LogP contribution is -2.33. The van der Waals surface area contributed by atoms with Crippen LogP contribution in [0.1, 0.15) is 36.6 Å². The van der Waals surface area contributed by atoms with Gasteiger partial charge in [-0.25, -0.2) is 0 Å². The van der Waals surface area contributed by atoms with Crippen molar-refractivity contribution in [3.05, 3.63) is 64.7 Å². The number of hydrogen-bond acceptors (Lipinski definition) is 6. The van der Waals surface area contributed by atoms with Gasteiger partial charge in [-0.1, -0.05) is 12.1 Å². The molecule has 1 unspecified atom stereocenters. The van der Waals surface area contributed by atoms with Crippen LogP contribution in [-0.2, 0) is 20.7 Å². The largest absolute Gasteiger partial charge is 0.508 e. The maximum atomic E-state index is 13.0. The van der Waals surface area contributed by atoms with Crippen LogP contribution in [0.25, 0.3) is 5.76 Å². The number of fused-ring (bicyclic) bond motifs is 1. The minimum atomic E-state index is -0.827. The summed E-state index contributed by atoms with van der Waals surface area (Å²) in [6, 6.07) is 10.8. The smallest absolute Gasteiger partial charge is 0.295 e. The lowest BCUT2D eigenvalue weighted by Gasteiger charge is -2.25. The minimum absolute atomic E-state index is 0.000915. The maximum absolute atomic E-state index is 13.0. The number of carbonyl (C=O) groups excluding carboxylic acids is 2. The normalized spacial score (nSPS) is 19.7. The van der Waals surface area contributed by atoms with Crippen LogP contribution in [0, 0.1) is 0 Å². The molecule has 2 N–H and O–H groups in total. The van der Waals surface area contributed by atoms with Crippen LogP contribution in [-0.4, -0.2) is 52.7 Å². The fourth-order valence-electron chi connectivity index (χ4n) is 4.03. The van der Waals surface area contributed by atoms with E-state index in [0.29, 0.717) is 24.2 Å². The Morgan fingerprint density at radius 3 is 2.77 bits per heavy atom. The number of rotatable bonds is 6. The van der Waals surface area contributed by atoms with Gasteiger partial charge in [0.2, 0.25) is 0 Å². The van der Waals surface area contributed by atoms with Crippen molar-refractivity contribution < 1.29 is 29.3 Å². The van der Waals surface area contributed by atoms with E-state index in [0.717, 1.165) is 11.3 Å². The van der Waals surface area contributed by atoms with Gasteiger partial charge in [-0.3, -0.25) is 9.59 Å². The quantitative estimate of drug-likeness (QED) is 0.421. The van der Waals surface area contributed by atoms with Gasteiger partial charge in [0, 0.05) is 18.5 Å². The summed E-state index contributed by atoms with van der Waals surface area (Å²) >= 11 is 0. The van der Waals surface area contributed by atoms with E-state index in [1.165, 1.54) is 17.0 Å². The van der Waals surface area contributed by atoms with E-state index >= 15 is 0 Å². The van der Waals surface area contributed by atoms with E-state index in [2.05, 4.69) is 0 Å². The molecule has 2 heterocycles. The van der Waals surface area contributed by atoms with Gasteiger partial charge in [0.25, 0.3) is 11.7 Å². The second kappa shape index (κ2) is 8.43. The molecule has 4 rings (SSSR count). The Labute approximate surface area is 180 Å². The van der Waals surface area contributed by atoms with Crippen LogP contribution >= 0.6 is 0 Å². The molecule has 162 valence electrons. The highest BCUT2D eigenvalue weighted by atomic mass is 16.5. The van der Waals surface area contributed by atoms with Gasteiger partial charge in [0.05, 0.1) is 30.9 Å². The molecule has 7 nitrogen and oxygen atoms in total. The number of likely N-dealkylation sites (tertiary alicyclic amines) is 1. The summed E-state index contributed by atoms with van der Waals surface area (Å²) in [7, 11) is 0. The molecule has 1 fully saturated rings. The highest BCUT2D eigenvalue weighted by Crippen LogP contribution is 2.40. The first-order valence-electron chi connectivity index (χ1n) is 10.3. The van der Waals surface area contributed by atoms with Crippen molar-refractivity contribution in [3.63, 3.8) is 0 Å². The van der Waals surface area contributed by atoms with Gasteiger partial charge in [0.1, 0.15) is 17.3 Å².